The van der Waals surface area contributed by atoms with Gasteiger partial charge in [-0.05, 0) is 72.7 Å². The smallest absolute Gasteiger partial charge is 0.243 e. The first-order valence-electron chi connectivity index (χ1n) is 11.6. The van der Waals surface area contributed by atoms with Crippen LogP contribution in [0.2, 0.25) is 0 Å². The summed E-state index contributed by atoms with van der Waals surface area (Å²) in [6.45, 7) is 6.48. The number of nitrogens with one attached hydrogen (secondary N) is 2. The third-order valence-electron chi connectivity index (χ3n) is 5.86. The van der Waals surface area contributed by atoms with Crippen LogP contribution >= 0.6 is 0 Å². The standard InChI is InChI=1S/C28H34N2O3/c1-21-18-23(19-29-17-8-4-7-14-28(31)30-32)15-16-27(21)33-20-25-12-9-13-26(22(25)2)24-10-5-3-6-11-24/h3,5-6,9-13,15-16,18,29,32H,4,7-8,14,17,19-20H2,1-2H3,(H,30,31). The van der Waals surface area contributed by atoms with E-state index in [2.05, 4.69) is 79.8 Å². The number of carbonyl (C=O) groups excluding carboxylic acids is 1. The van der Waals surface area contributed by atoms with Crippen molar-refractivity contribution in [3.05, 3.63) is 89.0 Å². The molecule has 0 unspecified atom stereocenters. The summed E-state index contributed by atoms with van der Waals surface area (Å²) in [6.07, 6.45) is 3.11. The average Bonchev–Trinajstić information content (AvgIpc) is 2.84. The number of amides is 1. The zero-order chi connectivity index (χ0) is 23.5. The van der Waals surface area contributed by atoms with E-state index in [1.54, 1.807) is 5.48 Å². The van der Waals surface area contributed by atoms with Gasteiger partial charge < -0.3 is 10.1 Å². The second-order valence-electron chi connectivity index (χ2n) is 8.37. The van der Waals surface area contributed by atoms with Gasteiger partial charge in [0, 0.05) is 13.0 Å². The number of carbonyl (C=O) groups is 1. The van der Waals surface area contributed by atoms with Gasteiger partial charge in [-0.25, -0.2) is 5.48 Å². The Morgan fingerprint density at radius 2 is 1.76 bits per heavy atom. The molecule has 0 saturated heterocycles. The number of hydrogen-bond donors (Lipinski definition) is 3. The maximum atomic E-state index is 11.0. The van der Waals surface area contributed by atoms with Crippen LogP contribution in [0.15, 0.2) is 66.7 Å². The van der Waals surface area contributed by atoms with Crippen LogP contribution in [0.25, 0.3) is 11.1 Å². The molecule has 33 heavy (non-hydrogen) atoms. The molecule has 0 radical (unpaired) electrons. The van der Waals surface area contributed by atoms with E-state index in [-0.39, 0.29) is 5.91 Å². The minimum atomic E-state index is -0.320. The van der Waals surface area contributed by atoms with Gasteiger partial charge in [0.2, 0.25) is 5.91 Å². The quantitative estimate of drug-likeness (QED) is 0.189. The summed E-state index contributed by atoms with van der Waals surface area (Å²) in [6, 6.07) is 23.2. The van der Waals surface area contributed by atoms with Crippen LogP contribution in [-0.4, -0.2) is 17.7 Å². The summed E-state index contributed by atoms with van der Waals surface area (Å²) < 4.78 is 6.18. The number of hydroxylamine groups is 1. The van der Waals surface area contributed by atoms with E-state index < -0.39 is 0 Å². The lowest BCUT2D eigenvalue weighted by Gasteiger charge is -2.15. The van der Waals surface area contributed by atoms with E-state index in [1.807, 2.05) is 6.07 Å². The number of ether oxygens (including phenoxy) is 1. The topological polar surface area (TPSA) is 70.6 Å². The first-order valence-corrected chi connectivity index (χ1v) is 11.6. The largest absolute Gasteiger partial charge is 0.489 e. The van der Waals surface area contributed by atoms with Crippen LogP contribution in [0, 0.1) is 13.8 Å². The third-order valence-corrected chi connectivity index (χ3v) is 5.86. The van der Waals surface area contributed by atoms with Gasteiger partial charge in [-0.15, -0.1) is 0 Å². The van der Waals surface area contributed by atoms with Crippen molar-refractivity contribution in [2.45, 2.75) is 52.7 Å². The van der Waals surface area contributed by atoms with Gasteiger partial charge >= 0.3 is 0 Å². The molecule has 0 aliphatic rings. The molecule has 1 amide bonds. The van der Waals surface area contributed by atoms with Crippen molar-refractivity contribution < 1.29 is 14.7 Å². The molecule has 0 fully saturated rings. The zero-order valence-corrected chi connectivity index (χ0v) is 19.6. The number of aryl methyl sites for hydroxylation is 1. The fourth-order valence-corrected chi connectivity index (χ4v) is 3.91. The normalized spacial score (nSPS) is 10.8. The monoisotopic (exact) mass is 446 g/mol. The molecule has 0 saturated carbocycles. The van der Waals surface area contributed by atoms with Gasteiger partial charge in [0.25, 0.3) is 0 Å². The molecule has 174 valence electrons. The molecule has 0 spiro atoms. The maximum absolute atomic E-state index is 11.0. The number of rotatable bonds is 12. The lowest BCUT2D eigenvalue weighted by molar-refractivity contribution is -0.129. The molecular formula is C28H34N2O3. The summed E-state index contributed by atoms with van der Waals surface area (Å²) in [5.41, 5.74) is 8.92. The summed E-state index contributed by atoms with van der Waals surface area (Å²) in [5.74, 6) is 0.588. The molecule has 0 aliphatic heterocycles. The highest BCUT2D eigenvalue weighted by Gasteiger charge is 2.08. The fraction of sp³-hybridized carbons (Fsp3) is 0.321. The maximum Gasteiger partial charge on any atom is 0.243 e. The lowest BCUT2D eigenvalue weighted by Crippen LogP contribution is -2.18. The van der Waals surface area contributed by atoms with E-state index in [0.717, 1.165) is 43.7 Å². The van der Waals surface area contributed by atoms with E-state index in [0.29, 0.717) is 13.0 Å². The van der Waals surface area contributed by atoms with Gasteiger partial charge in [-0.3, -0.25) is 10.0 Å². The Morgan fingerprint density at radius 1 is 0.939 bits per heavy atom. The molecule has 0 atom stereocenters. The first-order chi connectivity index (χ1) is 16.1. The Kier molecular flexibility index (Phi) is 9.48. The number of benzene rings is 3. The molecule has 0 aromatic heterocycles. The molecular weight excluding hydrogens is 412 g/mol. The van der Waals surface area contributed by atoms with Crippen molar-refractivity contribution in [3.63, 3.8) is 0 Å². The molecule has 0 aliphatic carbocycles. The van der Waals surface area contributed by atoms with Crippen LogP contribution in [0.3, 0.4) is 0 Å². The highest BCUT2D eigenvalue weighted by molar-refractivity contribution is 5.74. The van der Waals surface area contributed by atoms with Crippen molar-refractivity contribution >= 4 is 5.91 Å². The van der Waals surface area contributed by atoms with E-state index >= 15 is 0 Å². The van der Waals surface area contributed by atoms with Crippen molar-refractivity contribution in [1.29, 1.82) is 0 Å². The summed E-state index contributed by atoms with van der Waals surface area (Å²) in [5, 5.41) is 11.9. The van der Waals surface area contributed by atoms with Crippen LogP contribution < -0.4 is 15.5 Å². The Balaban J connectivity index is 1.48. The molecule has 0 heterocycles. The molecule has 3 N–H and O–H groups in total. The van der Waals surface area contributed by atoms with Crippen molar-refractivity contribution in [2.24, 2.45) is 0 Å². The van der Waals surface area contributed by atoms with Gasteiger partial charge in [-0.2, -0.15) is 0 Å². The predicted molar refractivity (Wildman–Crippen MR) is 132 cm³/mol. The van der Waals surface area contributed by atoms with Crippen LogP contribution in [-0.2, 0) is 17.9 Å². The SMILES string of the molecule is Cc1cc(CNCCCCCC(=O)NO)ccc1OCc1cccc(-c2ccccc2)c1C. The Labute approximate surface area is 196 Å². The van der Waals surface area contributed by atoms with E-state index in [1.165, 1.54) is 27.8 Å². The highest BCUT2D eigenvalue weighted by Crippen LogP contribution is 2.27. The van der Waals surface area contributed by atoms with Crippen molar-refractivity contribution in [1.82, 2.24) is 10.8 Å². The third kappa shape index (κ3) is 7.45. The molecule has 5 heteroatoms. The Hall–Kier alpha value is -3.15. The molecule has 3 aromatic carbocycles. The zero-order valence-electron chi connectivity index (χ0n) is 19.6. The number of hydrogen-bond acceptors (Lipinski definition) is 4. The Bertz CT molecular complexity index is 1030. The van der Waals surface area contributed by atoms with Crippen molar-refractivity contribution in [3.8, 4) is 16.9 Å². The van der Waals surface area contributed by atoms with Gasteiger partial charge in [0.05, 0.1) is 0 Å². The van der Waals surface area contributed by atoms with Crippen LogP contribution in [0.4, 0.5) is 0 Å². The fourth-order valence-electron chi connectivity index (χ4n) is 3.91. The summed E-state index contributed by atoms with van der Waals surface area (Å²) in [4.78, 5) is 11.0. The molecule has 0 bridgehead atoms. The van der Waals surface area contributed by atoms with E-state index in [4.69, 9.17) is 9.94 Å². The first kappa shape index (κ1) is 24.5. The minimum Gasteiger partial charge on any atom is -0.489 e. The average molecular weight is 447 g/mol. The molecule has 3 rings (SSSR count). The summed E-state index contributed by atoms with van der Waals surface area (Å²) >= 11 is 0. The minimum absolute atomic E-state index is 0.320. The molecule has 3 aromatic rings. The molecule has 5 nitrogen and oxygen atoms in total. The van der Waals surface area contributed by atoms with E-state index in [9.17, 15) is 4.79 Å². The summed E-state index contributed by atoms with van der Waals surface area (Å²) in [7, 11) is 0. The second-order valence-corrected chi connectivity index (χ2v) is 8.37. The van der Waals surface area contributed by atoms with Gasteiger partial charge in [-0.1, -0.05) is 67.1 Å². The number of unbranched alkanes of at least 4 members (excludes halogenated alkanes) is 2. The van der Waals surface area contributed by atoms with Gasteiger partial charge in [0.1, 0.15) is 12.4 Å². The van der Waals surface area contributed by atoms with Crippen molar-refractivity contribution in [2.75, 3.05) is 6.54 Å². The predicted octanol–water partition coefficient (Wildman–Crippen LogP) is 5.70. The van der Waals surface area contributed by atoms with Gasteiger partial charge in [0.15, 0.2) is 0 Å². The van der Waals surface area contributed by atoms with Crippen LogP contribution in [0.5, 0.6) is 5.75 Å². The lowest BCUT2D eigenvalue weighted by atomic mass is 9.97. The Morgan fingerprint density at radius 3 is 2.52 bits per heavy atom. The van der Waals surface area contributed by atoms with Crippen LogP contribution in [0.1, 0.15) is 47.9 Å². The second kappa shape index (κ2) is 12.8. The highest BCUT2D eigenvalue weighted by atomic mass is 16.5.